The predicted molar refractivity (Wildman–Crippen MR) is 79.0 cm³/mol. The fraction of sp³-hybridized carbons (Fsp3) is 0.417. The highest BCUT2D eigenvalue weighted by molar-refractivity contribution is 9.09. The van der Waals surface area contributed by atoms with Crippen LogP contribution >= 0.6 is 39.1 Å². The van der Waals surface area contributed by atoms with E-state index >= 15 is 0 Å². The highest BCUT2D eigenvalue weighted by atomic mass is 79.9. The Bertz CT molecular complexity index is 404. The molecule has 0 aromatic heterocycles. The quantitative estimate of drug-likeness (QED) is 0.445. The number of phenols is 1. The number of carbonyl (C=O) groups is 1. The van der Waals surface area contributed by atoms with Gasteiger partial charge in [-0.05, 0) is 25.0 Å². The third-order valence-electron chi connectivity index (χ3n) is 2.34. The minimum atomic E-state index is -0.173. The number of hydrogen-bond donors (Lipinski definition) is 2. The fourth-order valence-electron chi connectivity index (χ4n) is 1.42. The van der Waals surface area contributed by atoms with Crippen LogP contribution in [0.15, 0.2) is 12.1 Å². The lowest BCUT2D eigenvalue weighted by atomic mass is 10.2. The van der Waals surface area contributed by atoms with Gasteiger partial charge in [-0.15, -0.1) is 0 Å². The lowest BCUT2D eigenvalue weighted by Crippen LogP contribution is -2.11. The topological polar surface area (TPSA) is 49.3 Å². The molecule has 3 nitrogen and oxygen atoms in total. The molecule has 0 fully saturated rings. The second-order valence-electron chi connectivity index (χ2n) is 3.84. The number of halogens is 3. The zero-order chi connectivity index (χ0) is 13.5. The van der Waals surface area contributed by atoms with E-state index < -0.39 is 0 Å². The number of amides is 1. The molecule has 0 aliphatic carbocycles. The van der Waals surface area contributed by atoms with Crippen LogP contribution in [-0.2, 0) is 4.79 Å². The molecule has 0 spiro atoms. The summed E-state index contributed by atoms with van der Waals surface area (Å²) in [5.74, 6) is -0.254. The summed E-state index contributed by atoms with van der Waals surface area (Å²) in [6, 6.07) is 2.94. The third-order valence-corrected chi connectivity index (χ3v) is 3.48. The van der Waals surface area contributed by atoms with E-state index in [0.717, 1.165) is 24.6 Å². The van der Waals surface area contributed by atoms with Gasteiger partial charge in [-0.2, -0.15) is 0 Å². The van der Waals surface area contributed by atoms with Crippen molar-refractivity contribution in [1.82, 2.24) is 0 Å². The van der Waals surface area contributed by atoms with Crippen molar-refractivity contribution >= 4 is 50.7 Å². The summed E-state index contributed by atoms with van der Waals surface area (Å²) in [7, 11) is 0. The summed E-state index contributed by atoms with van der Waals surface area (Å²) in [4.78, 5) is 11.6. The van der Waals surface area contributed by atoms with E-state index in [1.807, 2.05) is 0 Å². The molecular weight excluding hydrogens is 341 g/mol. The van der Waals surface area contributed by atoms with Crippen molar-refractivity contribution in [2.24, 2.45) is 0 Å². The summed E-state index contributed by atoms with van der Waals surface area (Å²) in [6.07, 6.45) is 3.38. The van der Waals surface area contributed by atoms with Gasteiger partial charge in [-0.1, -0.05) is 45.6 Å². The fourth-order valence-corrected chi connectivity index (χ4v) is 2.30. The minimum absolute atomic E-state index is 0.0811. The standard InChI is InChI=1S/C12H14BrCl2NO2/c13-5-3-1-2-4-11(17)16-8-6-9(14)12(18)10(15)7-8/h6-7,18H,1-5H2,(H,16,17). The molecule has 0 saturated heterocycles. The number of phenolic OH excluding ortho intramolecular Hbond substituents is 1. The number of anilines is 1. The molecule has 1 amide bonds. The maximum atomic E-state index is 11.6. The maximum Gasteiger partial charge on any atom is 0.224 e. The molecule has 1 aromatic carbocycles. The van der Waals surface area contributed by atoms with Crippen molar-refractivity contribution in [2.45, 2.75) is 25.7 Å². The highest BCUT2D eigenvalue weighted by Gasteiger charge is 2.08. The van der Waals surface area contributed by atoms with E-state index in [1.54, 1.807) is 0 Å². The highest BCUT2D eigenvalue weighted by Crippen LogP contribution is 2.34. The second kappa shape index (κ2) is 7.87. The molecule has 6 heteroatoms. The second-order valence-corrected chi connectivity index (χ2v) is 5.44. The van der Waals surface area contributed by atoms with Gasteiger partial charge in [0.05, 0.1) is 10.0 Å². The van der Waals surface area contributed by atoms with Crippen LogP contribution in [0.4, 0.5) is 5.69 Å². The number of rotatable bonds is 6. The summed E-state index contributed by atoms with van der Waals surface area (Å²) in [6.45, 7) is 0. The molecule has 0 aliphatic heterocycles. The lowest BCUT2D eigenvalue weighted by Gasteiger charge is -2.07. The van der Waals surface area contributed by atoms with Gasteiger partial charge in [0.2, 0.25) is 5.91 Å². The van der Waals surface area contributed by atoms with Crippen LogP contribution in [-0.4, -0.2) is 16.3 Å². The van der Waals surface area contributed by atoms with Gasteiger partial charge >= 0.3 is 0 Å². The Morgan fingerprint density at radius 2 is 1.83 bits per heavy atom. The molecule has 1 rings (SSSR count). The third kappa shape index (κ3) is 5.04. The number of nitrogens with one attached hydrogen (secondary N) is 1. The average molecular weight is 355 g/mol. The largest absolute Gasteiger partial charge is 0.505 e. The first-order valence-corrected chi connectivity index (χ1v) is 7.46. The first-order valence-electron chi connectivity index (χ1n) is 5.58. The minimum Gasteiger partial charge on any atom is -0.505 e. The van der Waals surface area contributed by atoms with Gasteiger partial charge < -0.3 is 10.4 Å². The molecule has 0 unspecified atom stereocenters. The van der Waals surface area contributed by atoms with Crippen molar-refractivity contribution in [3.63, 3.8) is 0 Å². The molecule has 0 atom stereocenters. The van der Waals surface area contributed by atoms with Gasteiger partial charge in [0.25, 0.3) is 0 Å². The van der Waals surface area contributed by atoms with E-state index in [-0.39, 0.29) is 21.7 Å². The van der Waals surface area contributed by atoms with E-state index in [9.17, 15) is 9.90 Å². The number of benzene rings is 1. The van der Waals surface area contributed by atoms with Crippen LogP contribution < -0.4 is 5.32 Å². The summed E-state index contributed by atoms with van der Waals surface area (Å²) in [5.41, 5.74) is 0.494. The number of carbonyl (C=O) groups excluding carboxylic acids is 1. The van der Waals surface area contributed by atoms with Gasteiger partial charge in [-0.3, -0.25) is 4.79 Å². The Labute approximate surface area is 125 Å². The van der Waals surface area contributed by atoms with Crippen LogP contribution in [0.25, 0.3) is 0 Å². The molecule has 0 bridgehead atoms. The first-order chi connectivity index (χ1) is 8.54. The molecule has 1 aromatic rings. The summed E-state index contributed by atoms with van der Waals surface area (Å²) in [5, 5.41) is 13.3. The number of hydrogen-bond acceptors (Lipinski definition) is 2. The van der Waals surface area contributed by atoms with E-state index in [0.29, 0.717) is 12.1 Å². The van der Waals surface area contributed by atoms with Crippen LogP contribution in [0, 0.1) is 0 Å². The van der Waals surface area contributed by atoms with Crippen LogP contribution in [0.5, 0.6) is 5.75 Å². The van der Waals surface area contributed by atoms with Crippen molar-refractivity contribution in [3.05, 3.63) is 22.2 Å². The maximum absolute atomic E-state index is 11.6. The molecule has 0 radical (unpaired) electrons. The Morgan fingerprint density at radius 3 is 2.39 bits per heavy atom. The molecule has 0 saturated carbocycles. The Morgan fingerprint density at radius 1 is 1.22 bits per heavy atom. The summed E-state index contributed by atoms with van der Waals surface area (Å²) < 4.78 is 0. The van der Waals surface area contributed by atoms with E-state index in [2.05, 4.69) is 21.2 Å². The SMILES string of the molecule is O=C(CCCCCBr)Nc1cc(Cl)c(O)c(Cl)c1. The van der Waals surface area contributed by atoms with Crippen molar-refractivity contribution in [2.75, 3.05) is 10.6 Å². The molecule has 18 heavy (non-hydrogen) atoms. The monoisotopic (exact) mass is 353 g/mol. The van der Waals surface area contributed by atoms with Gasteiger partial charge in [0.15, 0.2) is 5.75 Å². The molecule has 100 valence electrons. The zero-order valence-corrected chi connectivity index (χ0v) is 12.8. The van der Waals surface area contributed by atoms with Crippen molar-refractivity contribution < 1.29 is 9.90 Å². The Kier molecular flexibility index (Phi) is 6.82. The summed E-state index contributed by atoms with van der Waals surface area (Å²) >= 11 is 14.9. The smallest absolute Gasteiger partial charge is 0.224 e. The lowest BCUT2D eigenvalue weighted by molar-refractivity contribution is -0.116. The Hall–Kier alpha value is -0.450. The molecule has 2 N–H and O–H groups in total. The van der Waals surface area contributed by atoms with Gasteiger partial charge in [0.1, 0.15) is 0 Å². The number of aromatic hydroxyl groups is 1. The zero-order valence-electron chi connectivity index (χ0n) is 9.68. The van der Waals surface area contributed by atoms with Crippen LogP contribution in [0.3, 0.4) is 0 Å². The molecule has 0 aliphatic rings. The average Bonchev–Trinajstić information content (AvgIpc) is 2.31. The van der Waals surface area contributed by atoms with Gasteiger partial charge in [0, 0.05) is 17.4 Å². The van der Waals surface area contributed by atoms with Crippen molar-refractivity contribution in [1.29, 1.82) is 0 Å². The molecule has 0 heterocycles. The van der Waals surface area contributed by atoms with Crippen LogP contribution in [0.1, 0.15) is 25.7 Å². The van der Waals surface area contributed by atoms with Crippen molar-refractivity contribution in [3.8, 4) is 5.75 Å². The van der Waals surface area contributed by atoms with Gasteiger partial charge in [-0.25, -0.2) is 0 Å². The predicted octanol–water partition coefficient (Wildman–Crippen LogP) is 4.59. The van der Waals surface area contributed by atoms with Crippen LogP contribution in [0.2, 0.25) is 10.0 Å². The normalized spacial score (nSPS) is 10.4. The van der Waals surface area contributed by atoms with E-state index in [4.69, 9.17) is 23.2 Å². The number of unbranched alkanes of at least 4 members (excludes halogenated alkanes) is 2. The number of alkyl halides is 1. The molecular formula is C12H14BrCl2NO2. The first kappa shape index (κ1) is 15.6. The Balaban J connectivity index is 2.49. The van der Waals surface area contributed by atoms with E-state index in [1.165, 1.54) is 12.1 Å².